The Hall–Kier alpha value is -1.75. The Kier molecular flexibility index (Phi) is 4.27. The maximum Gasteiger partial charge on any atom is 0.311 e. The van der Waals surface area contributed by atoms with Crippen LogP contribution >= 0.6 is 11.6 Å². The second kappa shape index (κ2) is 5.93. The molecular formula is C13H16ClN3O2. The second-order valence-corrected chi connectivity index (χ2v) is 4.77. The predicted octanol–water partition coefficient (Wildman–Crippen LogP) is 0.735. The third-order valence-electron chi connectivity index (χ3n) is 3.16. The number of likely N-dealkylation sites (N-methyl/N-ethyl adjacent to an activating group) is 1. The first-order valence-corrected chi connectivity index (χ1v) is 6.51. The molecule has 102 valence electrons. The number of halogens is 1. The molecule has 1 aromatic carbocycles. The van der Waals surface area contributed by atoms with Crippen molar-refractivity contribution in [1.29, 1.82) is 0 Å². The molecule has 2 amide bonds. The summed E-state index contributed by atoms with van der Waals surface area (Å²) in [6, 6.07) is 7.62. The van der Waals surface area contributed by atoms with E-state index in [-0.39, 0.29) is 0 Å². The quantitative estimate of drug-likeness (QED) is 0.773. The Morgan fingerprint density at radius 3 is 2.47 bits per heavy atom. The lowest BCUT2D eigenvalue weighted by Gasteiger charge is -2.35. The zero-order valence-corrected chi connectivity index (χ0v) is 11.5. The molecule has 6 heteroatoms. The van der Waals surface area contributed by atoms with Crippen LogP contribution in [-0.4, -0.2) is 49.9 Å². The molecule has 0 spiro atoms. The van der Waals surface area contributed by atoms with E-state index >= 15 is 0 Å². The van der Waals surface area contributed by atoms with Crippen LogP contribution < -0.4 is 10.2 Å². The lowest BCUT2D eigenvalue weighted by atomic mass is 10.2. The zero-order chi connectivity index (χ0) is 13.8. The Balaban J connectivity index is 1.96. The largest absolute Gasteiger partial charge is 0.368 e. The Morgan fingerprint density at radius 2 is 1.89 bits per heavy atom. The van der Waals surface area contributed by atoms with Crippen molar-refractivity contribution in [3.63, 3.8) is 0 Å². The third-order valence-corrected chi connectivity index (χ3v) is 3.40. The molecule has 0 atom stereocenters. The maximum absolute atomic E-state index is 11.7. The van der Waals surface area contributed by atoms with Crippen LogP contribution in [0.3, 0.4) is 0 Å². The van der Waals surface area contributed by atoms with Crippen molar-refractivity contribution in [2.75, 3.05) is 38.1 Å². The number of benzene rings is 1. The molecule has 0 aromatic heterocycles. The van der Waals surface area contributed by atoms with Gasteiger partial charge in [0.25, 0.3) is 0 Å². The molecule has 0 saturated carbocycles. The fraction of sp³-hybridized carbons (Fsp3) is 0.385. The van der Waals surface area contributed by atoms with Crippen LogP contribution in [0.2, 0.25) is 5.02 Å². The molecule has 1 N–H and O–H groups in total. The second-order valence-electron chi connectivity index (χ2n) is 4.34. The van der Waals surface area contributed by atoms with E-state index in [9.17, 15) is 9.59 Å². The van der Waals surface area contributed by atoms with Crippen molar-refractivity contribution in [2.24, 2.45) is 0 Å². The molecule has 19 heavy (non-hydrogen) atoms. The smallest absolute Gasteiger partial charge is 0.311 e. The van der Waals surface area contributed by atoms with Gasteiger partial charge in [-0.05, 0) is 18.2 Å². The fourth-order valence-corrected chi connectivity index (χ4v) is 2.28. The van der Waals surface area contributed by atoms with Gasteiger partial charge < -0.3 is 15.1 Å². The average Bonchev–Trinajstić information content (AvgIpc) is 2.46. The monoisotopic (exact) mass is 281 g/mol. The molecule has 1 fully saturated rings. The molecule has 1 aliphatic rings. The lowest BCUT2D eigenvalue weighted by molar-refractivity contribution is -0.145. The first-order valence-electron chi connectivity index (χ1n) is 6.13. The number of hydrogen-bond acceptors (Lipinski definition) is 3. The minimum atomic E-state index is -0.559. The van der Waals surface area contributed by atoms with Crippen molar-refractivity contribution in [3.8, 4) is 0 Å². The maximum atomic E-state index is 11.7. The van der Waals surface area contributed by atoms with E-state index in [2.05, 4.69) is 10.2 Å². The average molecular weight is 282 g/mol. The Labute approximate surface area is 117 Å². The third kappa shape index (κ3) is 3.17. The van der Waals surface area contributed by atoms with Gasteiger partial charge in [0.2, 0.25) is 0 Å². The summed E-state index contributed by atoms with van der Waals surface area (Å²) in [7, 11) is 1.46. The van der Waals surface area contributed by atoms with E-state index in [0.29, 0.717) is 31.2 Å². The standard InChI is InChI=1S/C13H16ClN3O2/c1-15-12(18)13(19)17-7-5-16(6-8-17)11-4-2-3-10(14)9-11/h2-4,9H,5-8H2,1H3,(H,15,18). The molecule has 5 nitrogen and oxygen atoms in total. The Morgan fingerprint density at radius 1 is 1.21 bits per heavy atom. The van der Waals surface area contributed by atoms with Crippen LogP contribution in [0.15, 0.2) is 24.3 Å². The highest BCUT2D eigenvalue weighted by atomic mass is 35.5. The van der Waals surface area contributed by atoms with Gasteiger partial charge in [0.15, 0.2) is 0 Å². The summed E-state index contributed by atoms with van der Waals surface area (Å²) in [5.41, 5.74) is 1.04. The molecule has 1 aliphatic heterocycles. The number of anilines is 1. The molecule has 2 rings (SSSR count). The topological polar surface area (TPSA) is 52.7 Å². The van der Waals surface area contributed by atoms with E-state index in [1.54, 1.807) is 4.90 Å². The zero-order valence-electron chi connectivity index (χ0n) is 10.7. The number of piperazine rings is 1. The van der Waals surface area contributed by atoms with Crippen LogP contribution in [0.25, 0.3) is 0 Å². The molecule has 0 bridgehead atoms. The summed E-state index contributed by atoms with van der Waals surface area (Å²) >= 11 is 5.96. The predicted molar refractivity (Wildman–Crippen MR) is 74.3 cm³/mol. The van der Waals surface area contributed by atoms with E-state index in [0.717, 1.165) is 5.69 Å². The van der Waals surface area contributed by atoms with Crippen molar-refractivity contribution < 1.29 is 9.59 Å². The van der Waals surface area contributed by atoms with Crippen LogP contribution in [0.1, 0.15) is 0 Å². The van der Waals surface area contributed by atoms with Crippen molar-refractivity contribution in [3.05, 3.63) is 29.3 Å². The number of hydrogen-bond donors (Lipinski definition) is 1. The van der Waals surface area contributed by atoms with Gasteiger partial charge in [-0.25, -0.2) is 0 Å². The normalized spacial score (nSPS) is 15.3. The number of carbonyl (C=O) groups excluding carboxylic acids is 2. The summed E-state index contributed by atoms with van der Waals surface area (Å²) in [6.45, 7) is 2.48. The highest BCUT2D eigenvalue weighted by molar-refractivity contribution is 6.35. The van der Waals surface area contributed by atoms with Crippen LogP contribution in [0.5, 0.6) is 0 Å². The van der Waals surface area contributed by atoms with Gasteiger partial charge in [-0.1, -0.05) is 17.7 Å². The summed E-state index contributed by atoms with van der Waals surface area (Å²) < 4.78 is 0. The summed E-state index contributed by atoms with van der Waals surface area (Å²) in [5, 5.41) is 3.05. The molecule has 1 aromatic rings. The lowest BCUT2D eigenvalue weighted by Crippen LogP contribution is -2.52. The highest BCUT2D eigenvalue weighted by Gasteiger charge is 2.25. The van der Waals surface area contributed by atoms with Crippen molar-refractivity contribution >= 4 is 29.1 Å². The van der Waals surface area contributed by atoms with Crippen molar-refractivity contribution in [2.45, 2.75) is 0 Å². The minimum absolute atomic E-state index is 0.465. The van der Waals surface area contributed by atoms with Gasteiger partial charge in [0, 0.05) is 43.9 Å². The molecule has 1 saturated heterocycles. The van der Waals surface area contributed by atoms with E-state index in [4.69, 9.17) is 11.6 Å². The molecule has 1 heterocycles. The van der Waals surface area contributed by atoms with Crippen LogP contribution in [0.4, 0.5) is 5.69 Å². The van der Waals surface area contributed by atoms with Gasteiger partial charge in [-0.2, -0.15) is 0 Å². The Bertz CT molecular complexity index is 485. The summed E-state index contributed by atoms with van der Waals surface area (Å²) in [6.07, 6.45) is 0. The van der Waals surface area contributed by atoms with Crippen LogP contribution in [0, 0.1) is 0 Å². The fourth-order valence-electron chi connectivity index (χ4n) is 2.09. The highest BCUT2D eigenvalue weighted by Crippen LogP contribution is 2.20. The first-order chi connectivity index (χ1) is 9.11. The summed E-state index contributed by atoms with van der Waals surface area (Å²) in [5.74, 6) is -1.02. The van der Waals surface area contributed by atoms with Gasteiger partial charge in [0.1, 0.15) is 0 Å². The van der Waals surface area contributed by atoms with Gasteiger partial charge in [0.05, 0.1) is 0 Å². The van der Waals surface area contributed by atoms with Crippen LogP contribution in [-0.2, 0) is 9.59 Å². The molecule has 0 aliphatic carbocycles. The number of carbonyl (C=O) groups is 2. The molecular weight excluding hydrogens is 266 g/mol. The van der Waals surface area contributed by atoms with E-state index in [1.165, 1.54) is 7.05 Å². The number of amides is 2. The van der Waals surface area contributed by atoms with E-state index in [1.807, 2.05) is 24.3 Å². The van der Waals surface area contributed by atoms with Gasteiger partial charge in [-0.15, -0.1) is 0 Å². The van der Waals surface area contributed by atoms with E-state index < -0.39 is 11.8 Å². The number of rotatable bonds is 1. The minimum Gasteiger partial charge on any atom is -0.368 e. The van der Waals surface area contributed by atoms with Gasteiger partial charge in [-0.3, -0.25) is 9.59 Å². The summed E-state index contributed by atoms with van der Waals surface area (Å²) in [4.78, 5) is 26.7. The molecule has 0 unspecified atom stereocenters. The van der Waals surface area contributed by atoms with Crippen molar-refractivity contribution in [1.82, 2.24) is 10.2 Å². The number of nitrogens with one attached hydrogen (secondary N) is 1. The number of nitrogens with zero attached hydrogens (tertiary/aromatic N) is 2. The SMILES string of the molecule is CNC(=O)C(=O)N1CCN(c2cccc(Cl)c2)CC1. The first kappa shape index (κ1) is 13.7. The molecule has 0 radical (unpaired) electrons. The van der Waals surface area contributed by atoms with Gasteiger partial charge >= 0.3 is 11.8 Å².